The quantitative estimate of drug-likeness (QED) is 0.602. The molecule has 4 atom stereocenters. The summed E-state index contributed by atoms with van der Waals surface area (Å²) in [6, 6.07) is 30.3. The molecule has 0 spiro atoms. The van der Waals surface area contributed by atoms with Crippen molar-refractivity contribution in [1.82, 2.24) is 0 Å². The molecule has 0 aromatic heterocycles. The van der Waals surface area contributed by atoms with Gasteiger partial charge in [-0.1, -0.05) is 97.1 Å². The maximum Gasteiger partial charge on any atom is 0.127 e. The van der Waals surface area contributed by atoms with Crippen LogP contribution in [0, 0.1) is 11.8 Å². The molecule has 0 N–H and O–H groups in total. The van der Waals surface area contributed by atoms with Gasteiger partial charge in [0.2, 0.25) is 0 Å². The van der Waals surface area contributed by atoms with Crippen LogP contribution in [0.3, 0.4) is 0 Å². The topological polar surface area (TPSA) is 9.23 Å². The van der Waals surface area contributed by atoms with Crippen molar-refractivity contribution in [2.75, 3.05) is 0 Å². The van der Waals surface area contributed by atoms with Crippen LogP contribution in [-0.2, 0) is 15.9 Å². The number of rotatable bonds is 2. The summed E-state index contributed by atoms with van der Waals surface area (Å²) in [6.07, 6.45) is 4.69. The molecule has 0 unspecified atom stereocenters. The van der Waals surface area contributed by atoms with Crippen LogP contribution in [0.4, 0.5) is 0 Å². The van der Waals surface area contributed by atoms with Crippen molar-refractivity contribution in [3.05, 3.63) is 119 Å². The number of benzene rings is 3. The highest BCUT2D eigenvalue weighted by atomic mass is 16.5. The third kappa shape index (κ3) is 1.41. The predicted octanol–water partition coefficient (Wildman–Crippen LogP) is 5.02. The summed E-state index contributed by atoms with van der Waals surface area (Å²) in [4.78, 5) is 0. The molecule has 0 saturated carbocycles. The van der Waals surface area contributed by atoms with Crippen LogP contribution < -0.4 is 0 Å². The smallest absolute Gasteiger partial charge is 0.127 e. The Labute approximate surface area is 147 Å². The van der Waals surface area contributed by atoms with Gasteiger partial charge < -0.3 is 4.74 Å². The zero-order valence-corrected chi connectivity index (χ0v) is 13.8. The number of hydrogen-bond acceptors (Lipinski definition) is 1. The van der Waals surface area contributed by atoms with E-state index in [-0.39, 0.29) is 11.2 Å². The molecule has 1 aliphatic carbocycles. The highest BCUT2D eigenvalue weighted by Gasteiger charge is 2.71. The zero-order chi connectivity index (χ0) is 16.5. The number of fused-ring (bicyclic) bond motifs is 8. The molecule has 2 heterocycles. The Bertz CT molecular complexity index is 910. The Hall–Kier alpha value is -2.64. The Morgan fingerprint density at radius 1 is 0.520 bits per heavy atom. The second-order valence-corrected chi connectivity index (χ2v) is 7.29. The maximum atomic E-state index is 7.11. The van der Waals surface area contributed by atoms with Crippen molar-refractivity contribution in [1.29, 1.82) is 0 Å². The molecule has 6 rings (SSSR count). The van der Waals surface area contributed by atoms with E-state index in [0.29, 0.717) is 11.8 Å². The molecule has 1 fully saturated rings. The Morgan fingerprint density at radius 2 is 0.920 bits per heavy atom. The Balaban J connectivity index is 1.70. The minimum absolute atomic E-state index is 0.368. The molecule has 0 amide bonds. The van der Waals surface area contributed by atoms with E-state index >= 15 is 0 Å². The van der Waals surface area contributed by atoms with Gasteiger partial charge in [-0.25, -0.2) is 0 Å². The van der Waals surface area contributed by atoms with Gasteiger partial charge in [-0.2, -0.15) is 0 Å². The van der Waals surface area contributed by atoms with Gasteiger partial charge in [-0.3, -0.25) is 0 Å². The summed E-state index contributed by atoms with van der Waals surface area (Å²) < 4.78 is 7.11. The fourth-order valence-corrected chi connectivity index (χ4v) is 5.29. The third-order valence-electron chi connectivity index (χ3n) is 6.31. The van der Waals surface area contributed by atoms with E-state index in [1.54, 1.807) is 0 Å². The average Bonchev–Trinajstić information content (AvgIpc) is 3.06. The van der Waals surface area contributed by atoms with Gasteiger partial charge in [0.15, 0.2) is 0 Å². The molecule has 2 bridgehead atoms. The molecular formula is C24H18O. The van der Waals surface area contributed by atoms with Crippen LogP contribution >= 0.6 is 0 Å². The lowest BCUT2D eigenvalue weighted by atomic mass is 9.56. The average molecular weight is 322 g/mol. The van der Waals surface area contributed by atoms with Crippen LogP contribution in [0.5, 0.6) is 0 Å². The molecule has 120 valence electrons. The van der Waals surface area contributed by atoms with Crippen LogP contribution in [-0.4, -0.2) is 0 Å². The summed E-state index contributed by atoms with van der Waals surface area (Å²) in [5, 5.41) is 0. The number of hydrogen-bond donors (Lipinski definition) is 0. The largest absolute Gasteiger partial charge is 0.348 e. The maximum absolute atomic E-state index is 7.11. The van der Waals surface area contributed by atoms with Crippen LogP contribution in [0.2, 0.25) is 0 Å². The van der Waals surface area contributed by atoms with Crippen LogP contribution in [0.25, 0.3) is 0 Å². The second-order valence-electron chi connectivity index (χ2n) is 7.29. The van der Waals surface area contributed by atoms with E-state index in [0.717, 1.165) is 0 Å². The molecule has 2 aliphatic heterocycles. The standard InChI is InChI=1S/C24H18O/c1-3-9-17(10-4-1)23-19-13-7-8-14-20(19)24(25-23,22-16-15-21(22)23)18-11-5-2-6-12-18/h1-16,21-22H/t21-,22+,23+,24-. The minimum atomic E-state index is -0.368. The van der Waals surface area contributed by atoms with Crippen LogP contribution in [0.1, 0.15) is 22.3 Å². The van der Waals surface area contributed by atoms with Gasteiger partial charge >= 0.3 is 0 Å². The minimum Gasteiger partial charge on any atom is -0.348 e. The third-order valence-corrected chi connectivity index (χ3v) is 6.31. The van der Waals surface area contributed by atoms with Gasteiger partial charge in [0.1, 0.15) is 11.2 Å². The molecule has 3 aromatic carbocycles. The first-order valence-corrected chi connectivity index (χ1v) is 8.97. The highest BCUT2D eigenvalue weighted by molar-refractivity contribution is 5.60. The van der Waals surface area contributed by atoms with E-state index in [2.05, 4.69) is 97.1 Å². The molecule has 25 heavy (non-hydrogen) atoms. The molecule has 1 saturated heterocycles. The molecule has 3 aromatic rings. The predicted molar refractivity (Wildman–Crippen MR) is 98.1 cm³/mol. The summed E-state index contributed by atoms with van der Waals surface area (Å²) in [6.45, 7) is 0. The van der Waals surface area contributed by atoms with Crippen molar-refractivity contribution >= 4 is 0 Å². The fourth-order valence-electron chi connectivity index (χ4n) is 5.29. The lowest BCUT2D eigenvalue weighted by molar-refractivity contribution is -0.0498. The monoisotopic (exact) mass is 322 g/mol. The van der Waals surface area contributed by atoms with Crippen molar-refractivity contribution in [2.24, 2.45) is 11.8 Å². The van der Waals surface area contributed by atoms with E-state index in [1.807, 2.05) is 0 Å². The van der Waals surface area contributed by atoms with E-state index in [4.69, 9.17) is 4.74 Å². The zero-order valence-electron chi connectivity index (χ0n) is 13.8. The molecule has 1 heteroatoms. The molecule has 0 radical (unpaired) electrons. The van der Waals surface area contributed by atoms with Crippen molar-refractivity contribution in [3.8, 4) is 0 Å². The highest BCUT2D eigenvalue weighted by Crippen LogP contribution is 2.71. The first kappa shape index (κ1) is 13.6. The molecule has 1 nitrogen and oxygen atoms in total. The fraction of sp³-hybridized carbons (Fsp3) is 0.167. The first-order valence-electron chi connectivity index (χ1n) is 8.97. The summed E-state index contributed by atoms with van der Waals surface area (Å²) in [5.74, 6) is 0.787. The van der Waals surface area contributed by atoms with Gasteiger partial charge in [0.05, 0.1) is 0 Å². The van der Waals surface area contributed by atoms with E-state index in [9.17, 15) is 0 Å². The SMILES string of the molecule is C1=C[C@H]2[C@@H]1[C@@]1(c3ccccc3)O[C@]2(c2ccccc2)c2ccccc21. The van der Waals surface area contributed by atoms with Gasteiger partial charge in [0, 0.05) is 11.8 Å². The van der Waals surface area contributed by atoms with E-state index < -0.39 is 0 Å². The van der Waals surface area contributed by atoms with Gasteiger partial charge in [-0.15, -0.1) is 0 Å². The summed E-state index contributed by atoms with van der Waals surface area (Å²) >= 11 is 0. The summed E-state index contributed by atoms with van der Waals surface area (Å²) in [5.41, 5.74) is 4.45. The summed E-state index contributed by atoms with van der Waals surface area (Å²) in [7, 11) is 0. The molecule has 3 aliphatic rings. The van der Waals surface area contributed by atoms with Crippen molar-refractivity contribution < 1.29 is 4.74 Å². The Kier molecular flexibility index (Phi) is 2.45. The molecular weight excluding hydrogens is 304 g/mol. The Morgan fingerprint density at radius 3 is 1.32 bits per heavy atom. The van der Waals surface area contributed by atoms with Crippen molar-refractivity contribution in [2.45, 2.75) is 11.2 Å². The first-order chi connectivity index (χ1) is 12.4. The van der Waals surface area contributed by atoms with Gasteiger partial charge in [0.25, 0.3) is 0 Å². The lowest BCUT2D eigenvalue weighted by Gasteiger charge is -2.43. The number of ether oxygens (including phenoxy) is 1. The van der Waals surface area contributed by atoms with Crippen molar-refractivity contribution in [3.63, 3.8) is 0 Å². The normalized spacial score (nSPS) is 33.6. The van der Waals surface area contributed by atoms with E-state index in [1.165, 1.54) is 22.3 Å². The van der Waals surface area contributed by atoms with Gasteiger partial charge in [-0.05, 0) is 22.3 Å². The lowest BCUT2D eigenvalue weighted by Crippen LogP contribution is -2.42. The van der Waals surface area contributed by atoms with Crippen LogP contribution in [0.15, 0.2) is 97.1 Å². The second kappa shape index (κ2) is 4.50.